The number of halogens is 1. The van der Waals surface area contributed by atoms with Gasteiger partial charge in [-0.1, -0.05) is 35.9 Å². The quantitative estimate of drug-likeness (QED) is 0.543. The Morgan fingerprint density at radius 1 is 1.22 bits per heavy atom. The molecule has 2 heterocycles. The van der Waals surface area contributed by atoms with E-state index >= 15 is 0 Å². The Morgan fingerprint density at radius 2 is 2.00 bits per heavy atom. The second-order valence-electron chi connectivity index (χ2n) is 5.89. The van der Waals surface area contributed by atoms with Gasteiger partial charge >= 0.3 is 0 Å². The van der Waals surface area contributed by atoms with Crippen molar-refractivity contribution in [3.63, 3.8) is 0 Å². The van der Waals surface area contributed by atoms with Crippen molar-refractivity contribution in [2.75, 3.05) is 5.32 Å². The fourth-order valence-electron chi connectivity index (χ4n) is 2.76. The van der Waals surface area contributed by atoms with Crippen LogP contribution in [0.25, 0.3) is 16.2 Å². The van der Waals surface area contributed by atoms with E-state index in [9.17, 15) is 4.79 Å². The zero-order valence-electron chi connectivity index (χ0n) is 14.0. The van der Waals surface area contributed by atoms with E-state index in [0.29, 0.717) is 16.3 Å². The maximum Gasteiger partial charge on any atom is 0.230 e. The first-order valence-electron chi connectivity index (χ1n) is 8.14. The number of thiazole rings is 1. The average molecular weight is 393 g/mol. The summed E-state index contributed by atoms with van der Waals surface area (Å²) in [5.41, 5.74) is 3.59. The molecule has 1 N–H and O–H groups in total. The number of benzene rings is 2. The van der Waals surface area contributed by atoms with Gasteiger partial charge < -0.3 is 5.32 Å². The zero-order chi connectivity index (χ0) is 18.8. The van der Waals surface area contributed by atoms with Crippen LogP contribution in [0.4, 0.5) is 5.69 Å². The van der Waals surface area contributed by atoms with Gasteiger partial charge in [-0.05, 0) is 24.3 Å². The van der Waals surface area contributed by atoms with Crippen molar-refractivity contribution in [2.45, 2.75) is 6.42 Å². The number of fused-ring (bicyclic) bond motifs is 1. The minimum atomic E-state index is -0.181. The van der Waals surface area contributed by atoms with E-state index in [1.807, 2.05) is 40.2 Å². The highest BCUT2D eigenvalue weighted by molar-refractivity contribution is 7.15. The number of hydrogen-bond acceptors (Lipinski definition) is 4. The molecule has 0 atom stereocenters. The van der Waals surface area contributed by atoms with Gasteiger partial charge in [0.25, 0.3) is 0 Å². The van der Waals surface area contributed by atoms with Crippen LogP contribution in [0.2, 0.25) is 5.02 Å². The lowest BCUT2D eigenvalue weighted by Crippen LogP contribution is -2.16. The van der Waals surface area contributed by atoms with E-state index in [-0.39, 0.29) is 12.3 Å². The molecule has 2 aromatic heterocycles. The molecule has 0 aliphatic rings. The average Bonchev–Trinajstić information content (AvgIpc) is 3.25. The molecule has 1 amide bonds. The molecule has 0 bridgehead atoms. The van der Waals surface area contributed by atoms with Gasteiger partial charge in [-0.3, -0.25) is 9.20 Å². The fraction of sp³-hybridized carbons (Fsp3) is 0.0500. The van der Waals surface area contributed by atoms with Crippen LogP contribution in [0.5, 0.6) is 0 Å². The lowest BCUT2D eigenvalue weighted by atomic mass is 10.2. The molecule has 0 aliphatic carbocycles. The molecule has 0 unspecified atom stereocenters. The van der Waals surface area contributed by atoms with Crippen LogP contribution in [0.15, 0.2) is 60.1 Å². The number of carbonyl (C=O) groups is 1. The van der Waals surface area contributed by atoms with Crippen molar-refractivity contribution in [3.05, 3.63) is 76.4 Å². The summed E-state index contributed by atoms with van der Waals surface area (Å²) >= 11 is 7.42. The normalized spacial score (nSPS) is 10.7. The molecule has 0 saturated carbocycles. The zero-order valence-corrected chi connectivity index (χ0v) is 15.6. The predicted molar refractivity (Wildman–Crippen MR) is 107 cm³/mol. The molecule has 0 saturated heterocycles. The van der Waals surface area contributed by atoms with Gasteiger partial charge in [0, 0.05) is 27.9 Å². The van der Waals surface area contributed by atoms with Crippen molar-refractivity contribution in [1.82, 2.24) is 9.38 Å². The van der Waals surface area contributed by atoms with Gasteiger partial charge in [0.1, 0.15) is 6.07 Å². The first kappa shape index (κ1) is 17.3. The molecule has 4 rings (SSSR count). The third-order valence-corrected chi connectivity index (χ3v) is 5.23. The maximum absolute atomic E-state index is 12.4. The molecule has 4 aromatic rings. The van der Waals surface area contributed by atoms with E-state index < -0.39 is 0 Å². The number of nitrogens with one attached hydrogen (secondary N) is 1. The topological polar surface area (TPSA) is 70.2 Å². The molecule has 2 aromatic carbocycles. The Hall–Kier alpha value is -3.14. The van der Waals surface area contributed by atoms with Gasteiger partial charge in [-0.15, -0.1) is 11.3 Å². The number of nitrogens with zero attached hydrogens (tertiary/aromatic N) is 3. The highest BCUT2D eigenvalue weighted by atomic mass is 35.5. The fourth-order valence-corrected chi connectivity index (χ4v) is 3.76. The number of amides is 1. The van der Waals surface area contributed by atoms with Crippen molar-refractivity contribution in [2.24, 2.45) is 0 Å². The van der Waals surface area contributed by atoms with Crippen molar-refractivity contribution < 1.29 is 4.79 Å². The molecular weight excluding hydrogens is 380 g/mol. The lowest BCUT2D eigenvalue weighted by molar-refractivity contribution is -0.115. The number of hydrogen-bond donors (Lipinski definition) is 1. The minimum absolute atomic E-state index is 0.181. The second kappa shape index (κ2) is 7.23. The van der Waals surface area contributed by atoms with Crippen LogP contribution in [0.1, 0.15) is 11.3 Å². The van der Waals surface area contributed by atoms with E-state index in [1.165, 1.54) is 11.3 Å². The highest BCUT2D eigenvalue weighted by Gasteiger charge is 2.13. The largest absolute Gasteiger partial charge is 0.325 e. The molecule has 27 heavy (non-hydrogen) atoms. The summed E-state index contributed by atoms with van der Waals surface area (Å²) in [5.74, 6) is -0.181. The third kappa shape index (κ3) is 3.56. The highest BCUT2D eigenvalue weighted by Crippen LogP contribution is 2.25. The predicted octanol–water partition coefficient (Wildman–Crippen LogP) is 4.77. The van der Waals surface area contributed by atoms with Crippen LogP contribution in [0, 0.1) is 11.3 Å². The van der Waals surface area contributed by atoms with Gasteiger partial charge in [0.2, 0.25) is 5.91 Å². The number of para-hydroxylation sites is 1. The van der Waals surface area contributed by atoms with Gasteiger partial charge in [0.15, 0.2) is 4.96 Å². The van der Waals surface area contributed by atoms with Crippen LogP contribution in [0.3, 0.4) is 0 Å². The standard InChI is InChI=1S/C20H13ClN4OS/c21-15-7-5-13(6-8-15)18-11-25-16(12-27-20(25)24-18)9-19(26)23-17-4-2-1-3-14(17)10-22/h1-8,11-12H,9H2,(H,23,26). The minimum Gasteiger partial charge on any atom is -0.325 e. The number of aromatic nitrogens is 2. The molecule has 0 fully saturated rings. The number of carbonyl (C=O) groups excluding carboxylic acids is 1. The first-order chi connectivity index (χ1) is 13.1. The van der Waals surface area contributed by atoms with Crippen LogP contribution in [-0.4, -0.2) is 15.3 Å². The van der Waals surface area contributed by atoms with Crippen LogP contribution < -0.4 is 5.32 Å². The van der Waals surface area contributed by atoms with Crippen LogP contribution >= 0.6 is 22.9 Å². The second-order valence-corrected chi connectivity index (χ2v) is 7.17. The van der Waals surface area contributed by atoms with Crippen molar-refractivity contribution >= 4 is 39.5 Å². The van der Waals surface area contributed by atoms with E-state index in [4.69, 9.17) is 16.9 Å². The van der Waals surface area contributed by atoms with E-state index in [0.717, 1.165) is 21.9 Å². The van der Waals surface area contributed by atoms with E-state index in [1.54, 1.807) is 24.3 Å². The molecular formula is C20H13ClN4OS. The van der Waals surface area contributed by atoms with Crippen LogP contribution in [-0.2, 0) is 11.2 Å². The summed E-state index contributed by atoms with van der Waals surface area (Å²) in [6.07, 6.45) is 2.11. The summed E-state index contributed by atoms with van der Waals surface area (Å²) in [4.78, 5) is 17.9. The maximum atomic E-state index is 12.4. The lowest BCUT2D eigenvalue weighted by Gasteiger charge is -2.06. The molecule has 0 aliphatic heterocycles. The van der Waals surface area contributed by atoms with Gasteiger partial charge in [-0.2, -0.15) is 5.26 Å². The Balaban J connectivity index is 1.56. The van der Waals surface area contributed by atoms with Crippen molar-refractivity contribution in [1.29, 1.82) is 5.26 Å². The first-order valence-corrected chi connectivity index (χ1v) is 9.40. The van der Waals surface area contributed by atoms with Gasteiger partial charge in [-0.25, -0.2) is 4.98 Å². The SMILES string of the molecule is N#Cc1ccccc1NC(=O)Cc1csc2nc(-c3ccc(Cl)cc3)cn12. The number of anilines is 1. The molecule has 7 heteroatoms. The Labute approximate surface area is 164 Å². The summed E-state index contributed by atoms with van der Waals surface area (Å²) in [6.45, 7) is 0. The smallest absolute Gasteiger partial charge is 0.230 e. The summed E-state index contributed by atoms with van der Waals surface area (Å²) in [6, 6.07) is 16.5. The number of nitriles is 1. The van der Waals surface area contributed by atoms with Gasteiger partial charge in [0.05, 0.1) is 23.4 Å². The number of rotatable bonds is 4. The van der Waals surface area contributed by atoms with Crippen molar-refractivity contribution in [3.8, 4) is 17.3 Å². The van der Waals surface area contributed by atoms with E-state index in [2.05, 4.69) is 16.4 Å². The molecule has 0 radical (unpaired) electrons. The Bertz CT molecular complexity index is 1170. The number of imidazole rings is 1. The molecule has 5 nitrogen and oxygen atoms in total. The Morgan fingerprint density at radius 3 is 2.78 bits per heavy atom. The molecule has 0 spiro atoms. The summed E-state index contributed by atoms with van der Waals surface area (Å²) in [5, 5.41) is 14.5. The Kier molecular flexibility index (Phi) is 4.63. The summed E-state index contributed by atoms with van der Waals surface area (Å²) in [7, 11) is 0. The third-order valence-electron chi connectivity index (χ3n) is 4.09. The summed E-state index contributed by atoms with van der Waals surface area (Å²) < 4.78 is 1.92. The monoisotopic (exact) mass is 392 g/mol. The molecule has 132 valence electrons.